The van der Waals surface area contributed by atoms with E-state index in [1.807, 2.05) is 54.0 Å². The first-order valence-electron chi connectivity index (χ1n) is 8.45. The molecule has 132 valence electrons. The first-order valence-corrected chi connectivity index (χ1v) is 8.45. The summed E-state index contributed by atoms with van der Waals surface area (Å²) in [6.45, 7) is 0.678. The van der Waals surface area contributed by atoms with E-state index in [0.717, 1.165) is 39.3 Å². The fourth-order valence-corrected chi connectivity index (χ4v) is 3.12. The number of benzene rings is 1. The Balaban J connectivity index is 1.55. The average molecular weight is 357 g/mol. The van der Waals surface area contributed by atoms with Gasteiger partial charge in [-0.1, -0.05) is 6.07 Å². The van der Waals surface area contributed by atoms with E-state index >= 15 is 0 Å². The Bertz CT molecular complexity index is 1230. The largest absolute Gasteiger partial charge is 0.355 e. The van der Waals surface area contributed by atoms with Gasteiger partial charge in [-0.3, -0.25) is 4.98 Å². The lowest BCUT2D eigenvalue weighted by atomic mass is 10.1. The van der Waals surface area contributed by atoms with E-state index in [1.165, 1.54) is 0 Å². The molecule has 4 heterocycles. The highest BCUT2D eigenvalue weighted by Gasteiger charge is 2.13. The summed E-state index contributed by atoms with van der Waals surface area (Å²) in [6.07, 6.45) is 5.29. The van der Waals surface area contributed by atoms with Gasteiger partial charge in [0.2, 0.25) is 0 Å². The second kappa shape index (κ2) is 6.17. The molecular weight excluding hydrogens is 342 g/mol. The van der Waals surface area contributed by atoms with Crippen LogP contribution in [0.25, 0.3) is 27.9 Å². The Morgan fingerprint density at radius 2 is 1.81 bits per heavy atom. The second-order valence-electron chi connectivity index (χ2n) is 6.28. The number of aromatic nitrogens is 6. The van der Waals surface area contributed by atoms with Crippen LogP contribution in [-0.2, 0) is 6.54 Å². The molecule has 27 heavy (non-hydrogen) atoms. The van der Waals surface area contributed by atoms with Crippen molar-refractivity contribution in [1.29, 1.82) is 0 Å². The molecule has 8 heteroatoms. The van der Waals surface area contributed by atoms with Gasteiger partial charge in [-0.25, -0.2) is 9.61 Å². The van der Waals surface area contributed by atoms with Crippen molar-refractivity contribution < 1.29 is 4.63 Å². The summed E-state index contributed by atoms with van der Waals surface area (Å²) < 4.78 is 6.61. The van der Waals surface area contributed by atoms with Crippen LogP contribution in [0.4, 0.5) is 5.82 Å². The lowest BCUT2D eigenvalue weighted by Crippen LogP contribution is -2.20. The zero-order valence-corrected chi connectivity index (χ0v) is 14.5. The molecule has 0 saturated carbocycles. The minimum Gasteiger partial charge on any atom is -0.355 e. The van der Waals surface area contributed by atoms with Crippen molar-refractivity contribution >= 4 is 22.5 Å². The molecule has 8 nitrogen and oxygen atoms in total. The van der Waals surface area contributed by atoms with Gasteiger partial charge in [-0.05, 0) is 40.1 Å². The van der Waals surface area contributed by atoms with Crippen LogP contribution in [0, 0.1) is 0 Å². The van der Waals surface area contributed by atoms with Crippen molar-refractivity contribution in [2.75, 3.05) is 11.9 Å². The zero-order chi connectivity index (χ0) is 18.2. The highest BCUT2D eigenvalue weighted by atomic mass is 16.6. The second-order valence-corrected chi connectivity index (χ2v) is 6.28. The van der Waals surface area contributed by atoms with Crippen molar-refractivity contribution in [3.63, 3.8) is 0 Å². The third-order valence-electron chi connectivity index (χ3n) is 4.45. The Kier molecular flexibility index (Phi) is 3.53. The molecule has 0 amide bonds. The van der Waals surface area contributed by atoms with Crippen molar-refractivity contribution in [2.24, 2.45) is 0 Å². The summed E-state index contributed by atoms with van der Waals surface area (Å²) in [4.78, 5) is 10.9. The molecule has 0 atom stereocenters. The fraction of sp³-hybridized carbons (Fsp3) is 0.105. The van der Waals surface area contributed by atoms with Crippen LogP contribution >= 0.6 is 0 Å². The predicted molar refractivity (Wildman–Crippen MR) is 100 cm³/mol. The molecule has 0 aliphatic rings. The van der Waals surface area contributed by atoms with Crippen LogP contribution < -0.4 is 4.90 Å². The van der Waals surface area contributed by atoms with Crippen LogP contribution in [-0.4, -0.2) is 36.9 Å². The van der Waals surface area contributed by atoms with Crippen molar-refractivity contribution in [2.45, 2.75) is 6.54 Å². The van der Waals surface area contributed by atoms with Gasteiger partial charge in [0.15, 0.2) is 5.65 Å². The van der Waals surface area contributed by atoms with Gasteiger partial charge in [0.25, 0.3) is 0 Å². The number of hydrogen-bond acceptors (Lipinski definition) is 7. The van der Waals surface area contributed by atoms with Gasteiger partial charge >= 0.3 is 0 Å². The molecular formula is C19H15N7O. The Hall–Kier alpha value is -3.81. The molecule has 0 saturated heterocycles. The molecule has 0 unspecified atom stereocenters. The van der Waals surface area contributed by atoms with Crippen molar-refractivity contribution in [3.05, 3.63) is 66.6 Å². The third-order valence-corrected chi connectivity index (χ3v) is 4.45. The molecule has 0 fully saturated rings. The van der Waals surface area contributed by atoms with Crippen LogP contribution in [0.5, 0.6) is 0 Å². The van der Waals surface area contributed by atoms with Gasteiger partial charge in [0.05, 0.1) is 11.9 Å². The average Bonchev–Trinajstić information content (AvgIpc) is 3.36. The number of fused-ring (bicyclic) bond motifs is 2. The van der Waals surface area contributed by atoms with Gasteiger partial charge in [0, 0.05) is 43.7 Å². The molecule has 1 aromatic carbocycles. The molecule has 0 spiro atoms. The fourth-order valence-electron chi connectivity index (χ4n) is 3.12. The molecule has 5 aromatic rings. The van der Waals surface area contributed by atoms with E-state index in [9.17, 15) is 0 Å². The molecule has 0 bridgehead atoms. The maximum atomic E-state index is 4.78. The van der Waals surface area contributed by atoms with Crippen LogP contribution in [0.2, 0.25) is 0 Å². The highest BCUT2D eigenvalue weighted by Crippen LogP contribution is 2.24. The van der Waals surface area contributed by atoms with E-state index in [1.54, 1.807) is 18.6 Å². The first kappa shape index (κ1) is 15.4. The SMILES string of the molecule is CN(Cc1ccc2nonc2c1)c1cc(-c2ccncc2)nc2ccnn12. The minimum absolute atomic E-state index is 0.678. The van der Waals surface area contributed by atoms with Gasteiger partial charge in [-0.2, -0.15) is 9.61 Å². The Morgan fingerprint density at radius 3 is 2.70 bits per heavy atom. The van der Waals surface area contributed by atoms with Crippen molar-refractivity contribution in [1.82, 2.24) is 29.9 Å². The molecule has 0 aliphatic carbocycles. The van der Waals surface area contributed by atoms with Gasteiger partial charge in [-0.15, -0.1) is 0 Å². The summed E-state index contributed by atoms with van der Waals surface area (Å²) in [5.41, 5.74) is 5.28. The minimum atomic E-state index is 0.678. The predicted octanol–water partition coefficient (Wildman–Crippen LogP) is 2.96. The maximum Gasteiger partial charge on any atom is 0.157 e. The van der Waals surface area contributed by atoms with E-state index in [4.69, 9.17) is 9.61 Å². The normalized spacial score (nSPS) is 11.3. The lowest BCUT2D eigenvalue weighted by Gasteiger charge is -2.21. The summed E-state index contributed by atoms with van der Waals surface area (Å²) in [7, 11) is 2.03. The highest BCUT2D eigenvalue weighted by molar-refractivity contribution is 5.74. The lowest BCUT2D eigenvalue weighted by molar-refractivity contribution is 0.315. The molecule has 5 rings (SSSR count). The van der Waals surface area contributed by atoms with Crippen LogP contribution in [0.15, 0.2) is 65.7 Å². The van der Waals surface area contributed by atoms with Gasteiger partial charge in [0.1, 0.15) is 16.9 Å². The van der Waals surface area contributed by atoms with Crippen LogP contribution in [0.3, 0.4) is 0 Å². The number of hydrogen-bond donors (Lipinski definition) is 0. The number of nitrogens with zero attached hydrogens (tertiary/aromatic N) is 7. The quantitative estimate of drug-likeness (QED) is 0.489. The number of rotatable bonds is 4. The summed E-state index contributed by atoms with van der Waals surface area (Å²) in [5.74, 6) is 0.940. The maximum absolute atomic E-state index is 4.78. The Labute approximate surface area is 154 Å². The number of anilines is 1. The Morgan fingerprint density at radius 1 is 0.963 bits per heavy atom. The smallest absolute Gasteiger partial charge is 0.157 e. The summed E-state index contributed by atoms with van der Waals surface area (Å²) in [5, 5.41) is 12.2. The topological polar surface area (TPSA) is 85.2 Å². The van der Waals surface area contributed by atoms with E-state index in [0.29, 0.717) is 6.54 Å². The summed E-state index contributed by atoms with van der Waals surface area (Å²) in [6, 6.07) is 13.7. The monoisotopic (exact) mass is 357 g/mol. The van der Waals surface area contributed by atoms with E-state index < -0.39 is 0 Å². The van der Waals surface area contributed by atoms with Crippen molar-refractivity contribution in [3.8, 4) is 11.3 Å². The number of pyridine rings is 1. The molecule has 4 aromatic heterocycles. The summed E-state index contributed by atoms with van der Waals surface area (Å²) >= 11 is 0. The zero-order valence-electron chi connectivity index (χ0n) is 14.5. The van der Waals surface area contributed by atoms with Crippen LogP contribution in [0.1, 0.15) is 5.56 Å². The standard InChI is InChI=1S/C19H15N7O/c1-25(12-13-2-3-15-17(10-13)24-27-23-15)19-11-16(14-4-7-20-8-5-14)22-18-6-9-21-26(18)19/h2-11H,12H2,1H3. The van der Waals surface area contributed by atoms with E-state index in [2.05, 4.69) is 25.3 Å². The third kappa shape index (κ3) is 2.77. The van der Waals surface area contributed by atoms with E-state index in [-0.39, 0.29) is 0 Å². The molecule has 0 N–H and O–H groups in total. The molecule has 0 radical (unpaired) electrons. The molecule has 0 aliphatic heterocycles. The first-order chi connectivity index (χ1) is 13.3. The van der Waals surface area contributed by atoms with Gasteiger partial charge < -0.3 is 4.90 Å².